The summed E-state index contributed by atoms with van der Waals surface area (Å²) in [5.74, 6) is 0.804. The first-order chi connectivity index (χ1) is 17.5. The number of hydrogen-bond acceptors (Lipinski definition) is 8. The highest BCUT2D eigenvalue weighted by Gasteiger charge is 2.33. The third-order valence-electron chi connectivity index (χ3n) is 7.37. The van der Waals surface area contributed by atoms with Gasteiger partial charge in [-0.3, -0.25) is 9.59 Å². The van der Waals surface area contributed by atoms with E-state index in [0.29, 0.717) is 28.5 Å². The first-order valence-electron chi connectivity index (χ1n) is 12.4. The first kappa shape index (κ1) is 24.3. The van der Waals surface area contributed by atoms with Crippen LogP contribution in [0.5, 0.6) is 0 Å². The van der Waals surface area contributed by atoms with Crippen LogP contribution < -0.4 is 21.5 Å². The maximum atomic E-state index is 13.4. The quantitative estimate of drug-likeness (QED) is 0.436. The number of anilines is 3. The van der Waals surface area contributed by atoms with E-state index in [0.717, 1.165) is 38.5 Å². The maximum absolute atomic E-state index is 13.4. The van der Waals surface area contributed by atoms with Crippen molar-refractivity contribution in [1.82, 2.24) is 24.5 Å². The number of pyridine rings is 1. The second-order valence-corrected chi connectivity index (χ2v) is 9.39. The highest BCUT2D eigenvalue weighted by atomic mass is 16.5. The molecule has 3 aromatic rings. The smallest absolute Gasteiger partial charge is 0.274 e. The highest BCUT2D eigenvalue weighted by Crippen LogP contribution is 2.30. The van der Waals surface area contributed by atoms with E-state index in [4.69, 9.17) is 9.47 Å². The number of rotatable bonds is 8. The topological polar surface area (TPSA) is 124 Å². The Labute approximate surface area is 209 Å². The Morgan fingerprint density at radius 2 is 1.92 bits per heavy atom. The third kappa shape index (κ3) is 4.44. The van der Waals surface area contributed by atoms with Gasteiger partial charge in [-0.15, -0.1) is 0 Å². The molecule has 0 radical (unpaired) electrons. The van der Waals surface area contributed by atoms with Crippen LogP contribution in [0.25, 0.3) is 5.65 Å². The summed E-state index contributed by atoms with van der Waals surface area (Å²) >= 11 is 0. The molecule has 3 aromatic heterocycles. The molecule has 2 aliphatic carbocycles. The molecule has 3 N–H and O–H groups in total. The minimum atomic E-state index is -0.256. The van der Waals surface area contributed by atoms with Crippen molar-refractivity contribution in [1.29, 1.82) is 0 Å². The van der Waals surface area contributed by atoms with Gasteiger partial charge in [0.2, 0.25) is 0 Å². The van der Waals surface area contributed by atoms with E-state index in [-0.39, 0.29) is 35.8 Å². The molecule has 0 bridgehead atoms. The van der Waals surface area contributed by atoms with Gasteiger partial charge in [-0.2, -0.15) is 9.61 Å². The zero-order chi connectivity index (χ0) is 25.2. The van der Waals surface area contributed by atoms with Gasteiger partial charge in [0.05, 0.1) is 30.5 Å². The molecule has 4 atom stereocenters. The first-order valence-corrected chi connectivity index (χ1v) is 12.4. The van der Waals surface area contributed by atoms with Gasteiger partial charge < -0.3 is 30.0 Å². The number of carbonyl (C=O) groups excluding carboxylic acids is 1. The molecule has 11 heteroatoms. The van der Waals surface area contributed by atoms with Crippen molar-refractivity contribution >= 4 is 28.9 Å². The van der Waals surface area contributed by atoms with Crippen molar-refractivity contribution in [2.24, 2.45) is 0 Å². The Balaban J connectivity index is 1.45. The second-order valence-electron chi connectivity index (χ2n) is 9.39. The SMILES string of the molecule is CNc1cc(Nc2cccn([C@H]3CCCC[C@H]3OC)c2=O)nc2c(C(=O)N[C@@H]3CC[C@H]3OC)cnn12. The molecule has 0 aliphatic heterocycles. The van der Waals surface area contributed by atoms with E-state index in [1.807, 2.05) is 12.3 Å². The van der Waals surface area contributed by atoms with Crippen molar-refractivity contribution in [2.75, 3.05) is 31.9 Å². The average Bonchev–Trinajstić information content (AvgIpc) is 3.31. The van der Waals surface area contributed by atoms with Crippen LogP contribution in [-0.4, -0.2) is 64.6 Å². The van der Waals surface area contributed by atoms with E-state index in [9.17, 15) is 9.59 Å². The van der Waals surface area contributed by atoms with E-state index in [1.165, 1.54) is 6.20 Å². The van der Waals surface area contributed by atoms with Crippen LogP contribution >= 0.6 is 0 Å². The van der Waals surface area contributed by atoms with Gasteiger partial charge in [-0.05, 0) is 37.8 Å². The van der Waals surface area contributed by atoms with Crippen LogP contribution in [0.2, 0.25) is 0 Å². The number of nitrogens with one attached hydrogen (secondary N) is 3. The molecule has 2 saturated carbocycles. The molecule has 11 nitrogen and oxygen atoms in total. The molecule has 2 aliphatic rings. The fourth-order valence-corrected chi connectivity index (χ4v) is 5.20. The van der Waals surface area contributed by atoms with Crippen LogP contribution in [0, 0.1) is 0 Å². The van der Waals surface area contributed by atoms with Crippen LogP contribution in [0.1, 0.15) is 54.9 Å². The molecule has 5 rings (SSSR count). The molecule has 3 heterocycles. The molecule has 2 fully saturated rings. The Hall–Kier alpha value is -3.44. The fourth-order valence-electron chi connectivity index (χ4n) is 5.20. The normalized spacial score (nSPS) is 23.8. The van der Waals surface area contributed by atoms with Crippen molar-refractivity contribution in [3.05, 3.63) is 46.5 Å². The summed E-state index contributed by atoms with van der Waals surface area (Å²) in [5, 5.41) is 13.6. The molecule has 1 amide bonds. The van der Waals surface area contributed by atoms with Crippen molar-refractivity contribution in [2.45, 2.75) is 62.8 Å². The number of methoxy groups -OCH3 is 2. The van der Waals surface area contributed by atoms with Gasteiger partial charge in [0.1, 0.15) is 22.9 Å². The molecular weight excluding hydrogens is 462 g/mol. The lowest BCUT2D eigenvalue weighted by molar-refractivity contribution is 0.00732. The molecule has 0 aromatic carbocycles. The zero-order valence-corrected chi connectivity index (χ0v) is 20.9. The third-order valence-corrected chi connectivity index (χ3v) is 7.37. The second kappa shape index (κ2) is 10.3. The summed E-state index contributed by atoms with van der Waals surface area (Å²) in [7, 11) is 5.12. The molecule has 192 valence electrons. The Kier molecular flexibility index (Phi) is 6.92. The minimum absolute atomic E-state index is 0.00568. The number of amides is 1. The number of carbonyl (C=O) groups is 1. The van der Waals surface area contributed by atoms with Gasteiger partial charge in [-0.1, -0.05) is 12.8 Å². The molecule has 0 spiro atoms. The van der Waals surface area contributed by atoms with E-state index >= 15 is 0 Å². The Morgan fingerprint density at radius 1 is 1.11 bits per heavy atom. The van der Waals surface area contributed by atoms with Gasteiger partial charge >= 0.3 is 0 Å². The monoisotopic (exact) mass is 495 g/mol. The van der Waals surface area contributed by atoms with Gasteiger partial charge in [0.25, 0.3) is 11.5 Å². The Morgan fingerprint density at radius 3 is 2.64 bits per heavy atom. The van der Waals surface area contributed by atoms with E-state index in [1.54, 1.807) is 42.5 Å². The zero-order valence-electron chi connectivity index (χ0n) is 20.9. The molecular formula is C25H33N7O4. The fraction of sp³-hybridized carbons (Fsp3) is 0.520. The van der Waals surface area contributed by atoms with Crippen LogP contribution in [0.3, 0.4) is 0 Å². The molecule has 0 unspecified atom stereocenters. The van der Waals surface area contributed by atoms with Crippen molar-refractivity contribution in [3.63, 3.8) is 0 Å². The Bertz CT molecular complexity index is 1300. The number of ether oxygens (including phenoxy) is 2. The van der Waals surface area contributed by atoms with Gasteiger partial charge in [0.15, 0.2) is 5.65 Å². The predicted octanol–water partition coefficient (Wildman–Crippen LogP) is 2.71. The minimum Gasteiger partial charge on any atom is -0.379 e. The number of hydrogen-bond donors (Lipinski definition) is 3. The lowest BCUT2D eigenvalue weighted by Crippen LogP contribution is -2.51. The summed E-state index contributed by atoms with van der Waals surface area (Å²) < 4.78 is 14.4. The maximum Gasteiger partial charge on any atom is 0.274 e. The summed E-state index contributed by atoms with van der Waals surface area (Å²) in [4.78, 5) is 31.1. The largest absolute Gasteiger partial charge is 0.379 e. The van der Waals surface area contributed by atoms with E-state index in [2.05, 4.69) is 26.0 Å². The lowest BCUT2D eigenvalue weighted by atomic mass is 9.89. The van der Waals surface area contributed by atoms with Crippen LogP contribution in [0.4, 0.5) is 17.3 Å². The van der Waals surface area contributed by atoms with Gasteiger partial charge in [-0.25, -0.2) is 4.98 Å². The predicted molar refractivity (Wildman–Crippen MR) is 136 cm³/mol. The highest BCUT2D eigenvalue weighted by molar-refractivity contribution is 6.00. The summed E-state index contributed by atoms with van der Waals surface area (Å²) in [6.07, 6.45) is 9.16. The lowest BCUT2D eigenvalue weighted by Gasteiger charge is -2.35. The number of fused-ring (bicyclic) bond motifs is 1. The molecule has 36 heavy (non-hydrogen) atoms. The van der Waals surface area contributed by atoms with Crippen LogP contribution in [0.15, 0.2) is 35.4 Å². The van der Waals surface area contributed by atoms with Crippen LogP contribution in [-0.2, 0) is 9.47 Å². The van der Waals surface area contributed by atoms with E-state index < -0.39 is 0 Å². The van der Waals surface area contributed by atoms with Gasteiger partial charge in [0, 0.05) is 33.5 Å². The summed E-state index contributed by atoms with van der Waals surface area (Å²) in [5.41, 5.74) is 1.01. The number of nitrogens with zero attached hydrogens (tertiary/aromatic N) is 4. The summed E-state index contributed by atoms with van der Waals surface area (Å²) in [6.45, 7) is 0. The van der Waals surface area contributed by atoms with Crippen molar-refractivity contribution < 1.29 is 14.3 Å². The molecule has 0 saturated heterocycles. The average molecular weight is 496 g/mol. The number of aromatic nitrogens is 4. The summed E-state index contributed by atoms with van der Waals surface area (Å²) in [6, 6.07) is 5.31. The standard InChI is InChI=1S/C25H33N7O4/c1-26-22-13-21(28-17-7-6-12-31(25(17)34)18-8-4-5-9-20(18)36-3)30-23-15(14-27-32(22)23)24(33)29-16-10-11-19(16)35-2/h6-7,12-14,16,18-20,26H,4-5,8-11H2,1-3H3,(H,28,30)(H,29,33)/t16-,18+,19-,20-/m1/s1. The van der Waals surface area contributed by atoms with Crippen molar-refractivity contribution in [3.8, 4) is 0 Å².